The van der Waals surface area contributed by atoms with Crippen LogP contribution in [-0.4, -0.2) is 36.5 Å². The van der Waals surface area contributed by atoms with Gasteiger partial charge in [-0.2, -0.15) is 0 Å². The lowest BCUT2D eigenvalue weighted by Crippen LogP contribution is -2.45. The van der Waals surface area contributed by atoms with Crippen molar-refractivity contribution in [1.82, 2.24) is 4.90 Å². The fourth-order valence-corrected chi connectivity index (χ4v) is 3.14. The van der Waals surface area contributed by atoms with Crippen molar-refractivity contribution in [2.75, 3.05) is 13.7 Å². The summed E-state index contributed by atoms with van der Waals surface area (Å²) in [5.74, 6) is -0.693. The summed E-state index contributed by atoms with van der Waals surface area (Å²) in [6.07, 6.45) is 2.70. The summed E-state index contributed by atoms with van der Waals surface area (Å²) in [5, 5.41) is 1.11. The fourth-order valence-electron chi connectivity index (χ4n) is 3.14. The first-order chi connectivity index (χ1) is 11.6. The van der Waals surface area contributed by atoms with Crippen LogP contribution < -0.4 is 5.63 Å². The van der Waals surface area contributed by atoms with E-state index in [1.807, 2.05) is 0 Å². The topological polar surface area (TPSA) is 76.8 Å². The number of benzene rings is 1. The second-order valence-corrected chi connectivity index (χ2v) is 5.91. The Morgan fingerprint density at radius 1 is 1.29 bits per heavy atom. The van der Waals surface area contributed by atoms with Crippen LogP contribution in [0.4, 0.5) is 0 Å². The van der Waals surface area contributed by atoms with Crippen LogP contribution in [0.25, 0.3) is 10.8 Å². The van der Waals surface area contributed by atoms with Gasteiger partial charge in [0.15, 0.2) is 5.76 Å². The van der Waals surface area contributed by atoms with Crippen LogP contribution in [0.15, 0.2) is 39.5 Å². The lowest BCUT2D eigenvalue weighted by Gasteiger charge is -2.34. The molecule has 1 amide bonds. The first kappa shape index (κ1) is 16.2. The number of fused-ring (bicyclic) bond motifs is 1. The van der Waals surface area contributed by atoms with Gasteiger partial charge in [-0.15, -0.1) is 0 Å². The summed E-state index contributed by atoms with van der Waals surface area (Å²) < 4.78 is 9.94. The molecule has 0 saturated carbocycles. The van der Waals surface area contributed by atoms with E-state index in [2.05, 4.69) is 0 Å². The minimum absolute atomic E-state index is 0.00969. The van der Waals surface area contributed by atoms with E-state index in [1.54, 1.807) is 35.2 Å². The number of esters is 1. The molecule has 0 radical (unpaired) electrons. The number of carbonyl (C=O) groups excluding carboxylic acids is 2. The van der Waals surface area contributed by atoms with Crippen molar-refractivity contribution in [2.24, 2.45) is 0 Å². The average molecular weight is 329 g/mol. The van der Waals surface area contributed by atoms with Crippen molar-refractivity contribution < 1.29 is 18.7 Å². The molecule has 1 saturated heterocycles. The van der Waals surface area contributed by atoms with Crippen LogP contribution in [0.3, 0.4) is 0 Å². The third-order valence-electron chi connectivity index (χ3n) is 4.40. The lowest BCUT2D eigenvalue weighted by atomic mass is 9.99. The molecular formula is C18H19NO5. The molecule has 1 aliphatic heterocycles. The van der Waals surface area contributed by atoms with Crippen LogP contribution >= 0.6 is 0 Å². The van der Waals surface area contributed by atoms with Crippen LogP contribution in [0, 0.1) is 0 Å². The predicted molar refractivity (Wildman–Crippen MR) is 87.8 cm³/mol. The van der Waals surface area contributed by atoms with E-state index in [4.69, 9.17) is 9.15 Å². The first-order valence-electron chi connectivity index (χ1n) is 8.01. The summed E-state index contributed by atoms with van der Waals surface area (Å²) >= 11 is 0. The minimum Gasteiger partial charge on any atom is -0.469 e. The van der Waals surface area contributed by atoms with Gasteiger partial charge in [-0.1, -0.05) is 18.2 Å². The van der Waals surface area contributed by atoms with Crippen molar-refractivity contribution in [3.63, 3.8) is 0 Å². The third-order valence-corrected chi connectivity index (χ3v) is 4.40. The maximum absolute atomic E-state index is 12.8. The van der Waals surface area contributed by atoms with Gasteiger partial charge in [0.25, 0.3) is 5.91 Å². The molecule has 1 aromatic carbocycles. The number of carbonyl (C=O) groups is 2. The molecule has 1 aromatic heterocycles. The molecule has 0 spiro atoms. The van der Waals surface area contributed by atoms with Gasteiger partial charge in [-0.3, -0.25) is 9.59 Å². The zero-order chi connectivity index (χ0) is 17.1. The van der Waals surface area contributed by atoms with Crippen molar-refractivity contribution in [1.29, 1.82) is 0 Å². The number of rotatable bonds is 3. The van der Waals surface area contributed by atoms with E-state index in [9.17, 15) is 14.4 Å². The normalized spacial score (nSPS) is 17.7. The summed E-state index contributed by atoms with van der Waals surface area (Å²) in [7, 11) is 1.33. The Morgan fingerprint density at radius 3 is 2.88 bits per heavy atom. The van der Waals surface area contributed by atoms with Gasteiger partial charge >= 0.3 is 11.6 Å². The molecule has 6 nitrogen and oxygen atoms in total. The van der Waals surface area contributed by atoms with Gasteiger partial charge < -0.3 is 14.1 Å². The molecule has 0 aliphatic carbocycles. The molecule has 126 valence electrons. The Labute approximate surface area is 139 Å². The van der Waals surface area contributed by atoms with E-state index in [0.717, 1.165) is 19.3 Å². The smallest absolute Gasteiger partial charge is 0.344 e. The maximum Gasteiger partial charge on any atom is 0.344 e. The van der Waals surface area contributed by atoms with Crippen LogP contribution in [0.5, 0.6) is 0 Å². The van der Waals surface area contributed by atoms with Crippen molar-refractivity contribution in [3.8, 4) is 0 Å². The van der Waals surface area contributed by atoms with Gasteiger partial charge in [0.1, 0.15) is 0 Å². The number of nitrogens with zero attached hydrogens (tertiary/aromatic N) is 1. The molecule has 0 bridgehead atoms. The molecule has 0 unspecified atom stereocenters. The number of hydrogen-bond donors (Lipinski definition) is 0. The van der Waals surface area contributed by atoms with Crippen LogP contribution in [0.1, 0.15) is 36.2 Å². The van der Waals surface area contributed by atoms with Gasteiger partial charge in [0.05, 0.1) is 18.9 Å². The number of piperidine rings is 1. The number of methoxy groups -OCH3 is 1. The molecule has 1 fully saturated rings. The Balaban J connectivity index is 1.91. The average Bonchev–Trinajstić information content (AvgIpc) is 2.61. The Morgan fingerprint density at radius 2 is 2.08 bits per heavy atom. The largest absolute Gasteiger partial charge is 0.469 e. The highest BCUT2D eigenvalue weighted by Crippen LogP contribution is 2.23. The molecule has 2 aromatic rings. The lowest BCUT2D eigenvalue weighted by molar-refractivity contribution is -0.142. The number of amides is 1. The Hall–Kier alpha value is -2.63. The highest BCUT2D eigenvalue weighted by Gasteiger charge is 2.31. The van der Waals surface area contributed by atoms with E-state index in [1.165, 1.54) is 7.11 Å². The van der Waals surface area contributed by atoms with Crippen LogP contribution in [-0.2, 0) is 9.53 Å². The highest BCUT2D eigenvalue weighted by atomic mass is 16.5. The summed E-state index contributed by atoms with van der Waals surface area (Å²) in [4.78, 5) is 38.1. The molecule has 1 atom stereocenters. The molecular weight excluding hydrogens is 310 g/mol. The zero-order valence-electron chi connectivity index (χ0n) is 13.5. The summed E-state index contributed by atoms with van der Waals surface area (Å²) in [5.41, 5.74) is -0.530. The van der Waals surface area contributed by atoms with Crippen LogP contribution in [0.2, 0.25) is 0 Å². The monoisotopic (exact) mass is 329 g/mol. The predicted octanol–water partition coefficient (Wildman–Crippen LogP) is 2.35. The van der Waals surface area contributed by atoms with E-state index in [0.29, 0.717) is 17.3 Å². The third kappa shape index (κ3) is 3.18. The Bertz CT molecular complexity index is 826. The molecule has 24 heavy (non-hydrogen) atoms. The number of ether oxygens (including phenoxy) is 1. The Kier molecular flexibility index (Phi) is 4.64. The first-order valence-corrected chi connectivity index (χ1v) is 8.01. The summed E-state index contributed by atoms with van der Waals surface area (Å²) in [6, 6.07) is 8.34. The number of hydrogen-bond acceptors (Lipinski definition) is 5. The van der Waals surface area contributed by atoms with Crippen molar-refractivity contribution in [3.05, 3.63) is 46.5 Å². The van der Waals surface area contributed by atoms with Crippen molar-refractivity contribution >= 4 is 22.6 Å². The SMILES string of the molecule is COC(=O)C[C@H]1CCCCN1C(=O)c1cc2ccccc2c(=O)o1. The molecule has 0 N–H and O–H groups in total. The maximum atomic E-state index is 12.8. The standard InChI is InChI=1S/C18H19NO5/c1-23-16(20)11-13-7-4-5-9-19(13)17(21)15-10-12-6-2-3-8-14(12)18(22)24-15/h2-3,6,8,10,13H,4-5,7,9,11H2,1H3/t13-/m1/s1. The van der Waals surface area contributed by atoms with Gasteiger partial charge in [0, 0.05) is 12.6 Å². The van der Waals surface area contributed by atoms with Crippen molar-refractivity contribution in [2.45, 2.75) is 31.7 Å². The molecule has 1 aliphatic rings. The second-order valence-electron chi connectivity index (χ2n) is 5.91. The number of likely N-dealkylation sites (tertiary alicyclic amines) is 1. The second kappa shape index (κ2) is 6.86. The highest BCUT2D eigenvalue weighted by molar-refractivity contribution is 5.95. The molecule has 2 heterocycles. The fraction of sp³-hybridized carbons (Fsp3) is 0.389. The quantitative estimate of drug-likeness (QED) is 0.808. The van der Waals surface area contributed by atoms with E-state index < -0.39 is 5.63 Å². The minimum atomic E-state index is -0.530. The van der Waals surface area contributed by atoms with Gasteiger partial charge in [0.2, 0.25) is 0 Å². The van der Waals surface area contributed by atoms with E-state index >= 15 is 0 Å². The van der Waals surface area contributed by atoms with Gasteiger partial charge in [-0.25, -0.2) is 4.79 Å². The molecule has 3 rings (SSSR count). The zero-order valence-corrected chi connectivity index (χ0v) is 13.5. The summed E-state index contributed by atoms with van der Waals surface area (Å²) in [6.45, 7) is 0.539. The molecule has 6 heteroatoms. The van der Waals surface area contributed by atoms with Gasteiger partial charge in [-0.05, 0) is 36.8 Å². The van der Waals surface area contributed by atoms with E-state index in [-0.39, 0.29) is 30.1 Å².